The summed E-state index contributed by atoms with van der Waals surface area (Å²) in [6, 6.07) is 11.5. The molecule has 32 heavy (non-hydrogen) atoms. The molecule has 0 fully saturated rings. The third-order valence-corrected chi connectivity index (χ3v) is 6.99. The molecule has 1 aliphatic heterocycles. The van der Waals surface area contributed by atoms with E-state index in [2.05, 4.69) is 73.3 Å². The molecule has 1 unspecified atom stereocenters. The molecule has 182 valence electrons. The van der Waals surface area contributed by atoms with Crippen molar-refractivity contribution < 1.29 is 0 Å². The molecule has 0 N–H and O–H groups in total. The zero-order valence-electron chi connectivity index (χ0n) is 21.6. The van der Waals surface area contributed by atoms with Crippen LogP contribution in [0.3, 0.4) is 0 Å². The summed E-state index contributed by atoms with van der Waals surface area (Å²) in [6.07, 6.45) is 27.8. The molecular formula is C30H52N2. The third kappa shape index (κ3) is 10.5. The van der Waals surface area contributed by atoms with Crippen LogP contribution >= 0.6 is 0 Å². The predicted molar refractivity (Wildman–Crippen MR) is 142 cm³/mol. The summed E-state index contributed by atoms with van der Waals surface area (Å²) in [5.41, 5.74) is 1.41. The largest absolute Gasteiger partial charge is 0.352 e. The van der Waals surface area contributed by atoms with Crippen LogP contribution in [-0.2, 0) is 0 Å². The van der Waals surface area contributed by atoms with Crippen LogP contribution in [0.15, 0.2) is 42.7 Å². The summed E-state index contributed by atoms with van der Waals surface area (Å²) in [5, 5.41) is 0. The van der Waals surface area contributed by atoms with Crippen LogP contribution in [0, 0.1) is 0 Å². The van der Waals surface area contributed by atoms with E-state index in [1.165, 1.54) is 108 Å². The molecule has 0 saturated carbocycles. The summed E-state index contributed by atoms with van der Waals surface area (Å²) >= 11 is 0. The predicted octanol–water partition coefficient (Wildman–Crippen LogP) is 9.44. The van der Waals surface area contributed by atoms with Gasteiger partial charge in [0.25, 0.3) is 0 Å². The summed E-state index contributed by atoms with van der Waals surface area (Å²) in [4.78, 5) is 5.03. The standard InChI is InChI=1S/C30H52N2/c1-4-5-6-7-8-9-10-11-12-13-14-15-16-17-18-22-25-31-26-27-32(28(2)3)30(31)29-23-20-19-21-24-29/h19-21,23-24,26-28,30H,4-18,22,25H2,1-3H3. The van der Waals surface area contributed by atoms with Gasteiger partial charge >= 0.3 is 0 Å². The first kappa shape index (κ1) is 26.8. The highest BCUT2D eigenvalue weighted by Crippen LogP contribution is 2.32. The first-order valence-corrected chi connectivity index (χ1v) is 14.0. The van der Waals surface area contributed by atoms with Crippen molar-refractivity contribution in [1.82, 2.24) is 9.80 Å². The number of hydrogen-bond acceptors (Lipinski definition) is 2. The lowest BCUT2D eigenvalue weighted by Crippen LogP contribution is -2.35. The Labute approximate surface area is 200 Å². The van der Waals surface area contributed by atoms with Crippen LogP contribution in [0.5, 0.6) is 0 Å². The molecule has 0 aromatic heterocycles. The van der Waals surface area contributed by atoms with E-state index < -0.39 is 0 Å². The molecule has 2 nitrogen and oxygen atoms in total. The number of benzene rings is 1. The average molecular weight is 441 g/mol. The molecule has 0 bridgehead atoms. The van der Waals surface area contributed by atoms with Gasteiger partial charge in [0.2, 0.25) is 0 Å². The Kier molecular flexibility index (Phi) is 14.3. The monoisotopic (exact) mass is 440 g/mol. The van der Waals surface area contributed by atoms with E-state index in [0.29, 0.717) is 12.2 Å². The van der Waals surface area contributed by atoms with E-state index in [9.17, 15) is 0 Å². The normalized spacial score (nSPS) is 15.9. The van der Waals surface area contributed by atoms with E-state index in [-0.39, 0.29) is 0 Å². The lowest BCUT2D eigenvalue weighted by molar-refractivity contribution is 0.126. The van der Waals surface area contributed by atoms with Gasteiger partial charge in [-0.25, -0.2) is 0 Å². The van der Waals surface area contributed by atoms with Gasteiger partial charge in [-0.05, 0) is 25.8 Å². The van der Waals surface area contributed by atoms with Crippen LogP contribution < -0.4 is 0 Å². The highest BCUT2D eigenvalue weighted by Gasteiger charge is 2.28. The Hall–Kier alpha value is -1.44. The fraction of sp³-hybridized carbons (Fsp3) is 0.733. The topological polar surface area (TPSA) is 6.48 Å². The Morgan fingerprint density at radius 2 is 1.09 bits per heavy atom. The van der Waals surface area contributed by atoms with Crippen molar-refractivity contribution in [2.24, 2.45) is 0 Å². The molecule has 1 aromatic carbocycles. The van der Waals surface area contributed by atoms with Crippen molar-refractivity contribution in [2.75, 3.05) is 6.54 Å². The van der Waals surface area contributed by atoms with E-state index >= 15 is 0 Å². The number of nitrogens with zero attached hydrogens (tertiary/aromatic N) is 2. The van der Waals surface area contributed by atoms with Crippen LogP contribution in [0.4, 0.5) is 0 Å². The smallest absolute Gasteiger partial charge is 0.127 e. The van der Waals surface area contributed by atoms with Crippen LogP contribution in [0.2, 0.25) is 0 Å². The lowest BCUT2D eigenvalue weighted by atomic mass is 10.0. The number of unbranched alkanes of at least 4 members (excludes halogenated alkanes) is 15. The SMILES string of the molecule is CCCCCCCCCCCCCCCCCCN1C=CN(C(C)C)C1c1ccccc1. The quantitative estimate of drug-likeness (QED) is 0.198. The number of hydrogen-bond donors (Lipinski definition) is 0. The maximum Gasteiger partial charge on any atom is 0.127 e. The van der Waals surface area contributed by atoms with Gasteiger partial charge in [0.15, 0.2) is 0 Å². The Balaban J connectivity index is 1.46. The zero-order chi connectivity index (χ0) is 22.9. The van der Waals surface area contributed by atoms with Crippen molar-refractivity contribution in [3.05, 3.63) is 48.3 Å². The van der Waals surface area contributed by atoms with Gasteiger partial charge in [-0.15, -0.1) is 0 Å². The van der Waals surface area contributed by atoms with Gasteiger partial charge in [0.1, 0.15) is 6.17 Å². The van der Waals surface area contributed by atoms with Gasteiger partial charge in [-0.2, -0.15) is 0 Å². The van der Waals surface area contributed by atoms with E-state index in [1.807, 2.05) is 0 Å². The molecule has 1 aliphatic rings. The summed E-state index contributed by atoms with van der Waals surface area (Å²) < 4.78 is 0. The molecule has 1 atom stereocenters. The van der Waals surface area contributed by atoms with E-state index in [4.69, 9.17) is 0 Å². The van der Waals surface area contributed by atoms with Gasteiger partial charge < -0.3 is 9.80 Å². The summed E-state index contributed by atoms with van der Waals surface area (Å²) in [5.74, 6) is 0. The van der Waals surface area contributed by atoms with Crippen molar-refractivity contribution in [3.63, 3.8) is 0 Å². The molecule has 2 rings (SSSR count). The Morgan fingerprint density at radius 1 is 0.625 bits per heavy atom. The zero-order valence-corrected chi connectivity index (χ0v) is 21.6. The summed E-state index contributed by atoms with van der Waals surface area (Å²) in [7, 11) is 0. The van der Waals surface area contributed by atoms with Crippen LogP contribution in [0.25, 0.3) is 0 Å². The number of rotatable bonds is 19. The Bertz CT molecular complexity index is 580. The van der Waals surface area contributed by atoms with Crippen molar-refractivity contribution in [2.45, 2.75) is 136 Å². The first-order chi connectivity index (χ1) is 15.7. The van der Waals surface area contributed by atoms with Gasteiger partial charge in [-0.1, -0.05) is 134 Å². The van der Waals surface area contributed by atoms with Crippen LogP contribution in [0.1, 0.15) is 135 Å². The first-order valence-electron chi connectivity index (χ1n) is 14.0. The molecule has 0 aliphatic carbocycles. The lowest BCUT2D eigenvalue weighted by Gasteiger charge is -2.35. The minimum absolute atomic E-state index is 0.368. The molecule has 0 radical (unpaired) electrons. The molecule has 2 heteroatoms. The fourth-order valence-corrected chi connectivity index (χ4v) is 4.98. The summed E-state index contributed by atoms with van der Waals surface area (Å²) in [6.45, 7) is 8.04. The molecule has 0 saturated heterocycles. The maximum absolute atomic E-state index is 2.54. The highest BCUT2D eigenvalue weighted by atomic mass is 15.4. The van der Waals surface area contributed by atoms with Gasteiger partial charge in [-0.3, -0.25) is 0 Å². The molecule has 0 amide bonds. The van der Waals surface area contributed by atoms with Crippen molar-refractivity contribution in [3.8, 4) is 0 Å². The second kappa shape index (κ2) is 17.1. The van der Waals surface area contributed by atoms with E-state index in [1.54, 1.807) is 0 Å². The molecule has 1 heterocycles. The molecular weight excluding hydrogens is 388 g/mol. The minimum atomic E-state index is 0.368. The minimum Gasteiger partial charge on any atom is -0.352 e. The molecule has 1 aromatic rings. The van der Waals surface area contributed by atoms with Gasteiger partial charge in [0.05, 0.1) is 0 Å². The Morgan fingerprint density at radius 3 is 1.56 bits per heavy atom. The second-order valence-electron chi connectivity index (χ2n) is 10.2. The molecule has 0 spiro atoms. The van der Waals surface area contributed by atoms with Crippen molar-refractivity contribution in [1.29, 1.82) is 0 Å². The highest BCUT2D eigenvalue weighted by molar-refractivity contribution is 5.22. The van der Waals surface area contributed by atoms with Crippen molar-refractivity contribution >= 4 is 0 Å². The fourth-order valence-electron chi connectivity index (χ4n) is 4.98. The maximum atomic E-state index is 2.54. The second-order valence-corrected chi connectivity index (χ2v) is 10.2. The van der Waals surface area contributed by atoms with Crippen LogP contribution in [-0.4, -0.2) is 22.4 Å². The third-order valence-electron chi connectivity index (χ3n) is 6.99. The van der Waals surface area contributed by atoms with E-state index in [0.717, 1.165) is 6.54 Å². The average Bonchev–Trinajstić information content (AvgIpc) is 3.23. The van der Waals surface area contributed by atoms with Gasteiger partial charge in [0, 0.05) is 25.0 Å².